The molecule has 1 saturated heterocycles. The van der Waals surface area contributed by atoms with Crippen LogP contribution in [0.1, 0.15) is 43.7 Å². The van der Waals surface area contributed by atoms with E-state index in [1.54, 1.807) is 6.08 Å². The van der Waals surface area contributed by atoms with Crippen molar-refractivity contribution in [3.63, 3.8) is 0 Å². The zero-order valence-electron chi connectivity index (χ0n) is 16.4. The van der Waals surface area contributed by atoms with Gasteiger partial charge in [0.25, 0.3) is 5.91 Å². The standard InChI is InChI=1S/C21H23N5O2S/c1-2-14-6-8-15(9-7-14)12-16-19(22)26-21(23-20(16)28)29-17(24-26)13-18(27)25-10-4-3-5-11-25/h6-9,12,22H,2-5,10-11,13H2,1H3/b16-12-,22-19?. The molecule has 8 heteroatoms. The zero-order chi connectivity index (χ0) is 20.4. The van der Waals surface area contributed by atoms with E-state index in [4.69, 9.17) is 5.41 Å². The highest BCUT2D eigenvalue weighted by molar-refractivity contribution is 8.27. The topological polar surface area (TPSA) is 89.2 Å². The van der Waals surface area contributed by atoms with E-state index in [0.717, 1.165) is 37.9 Å². The van der Waals surface area contributed by atoms with E-state index in [1.165, 1.54) is 28.8 Å². The van der Waals surface area contributed by atoms with Gasteiger partial charge in [-0.3, -0.25) is 15.0 Å². The molecule has 0 aliphatic carbocycles. The molecule has 1 aromatic rings. The smallest absolute Gasteiger partial charge is 0.283 e. The maximum Gasteiger partial charge on any atom is 0.283 e. The number of hydrogen-bond acceptors (Lipinski definition) is 5. The quantitative estimate of drug-likeness (QED) is 0.773. The molecule has 3 heterocycles. The summed E-state index contributed by atoms with van der Waals surface area (Å²) in [4.78, 5) is 31.0. The van der Waals surface area contributed by atoms with Gasteiger partial charge in [-0.25, -0.2) is 0 Å². The Kier molecular flexibility index (Phi) is 5.62. The predicted octanol–water partition coefficient (Wildman–Crippen LogP) is 3.27. The number of carbonyl (C=O) groups excluding carboxylic acids is 2. The molecule has 3 aliphatic heterocycles. The molecule has 3 aliphatic rings. The number of hydrazone groups is 1. The molecule has 1 fully saturated rings. The summed E-state index contributed by atoms with van der Waals surface area (Å²) in [6, 6.07) is 7.87. The summed E-state index contributed by atoms with van der Waals surface area (Å²) in [5, 5.41) is 15.1. The van der Waals surface area contributed by atoms with Crippen LogP contribution in [0.3, 0.4) is 0 Å². The number of fused-ring (bicyclic) bond motifs is 1. The Morgan fingerprint density at radius 2 is 1.93 bits per heavy atom. The Morgan fingerprint density at radius 1 is 1.21 bits per heavy atom. The van der Waals surface area contributed by atoms with Crippen molar-refractivity contribution in [3.05, 3.63) is 41.0 Å². The van der Waals surface area contributed by atoms with E-state index in [1.807, 2.05) is 29.2 Å². The summed E-state index contributed by atoms with van der Waals surface area (Å²) < 4.78 is 0. The van der Waals surface area contributed by atoms with Gasteiger partial charge in [-0.1, -0.05) is 31.2 Å². The van der Waals surface area contributed by atoms with Crippen LogP contribution in [0.5, 0.6) is 0 Å². The number of amidine groups is 2. The molecule has 1 N–H and O–H groups in total. The first-order valence-corrected chi connectivity index (χ1v) is 10.7. The first-order valence-electron chi connectivity index (χ1n) is 9.91. The number of rotatable bonds is 4. The fraction of sp³-hybridized carbons (Fsp3) is 0.381. The van der Waals surface area contributed by atoms with Crippen molar-refractivity contribution in [3.8, 4) is 0 Å². The van der Waals surface area contributed by atoms with Crippen molar-refractivity contribution in [2.24, 2.45) is 10.1 Å². The van der Waals surface area contributed by atoms with Gasteiger partial charge in [-0.05, 0) is 54.6 Å². The summed E-state index contributed by atoms with van der Waals surface area (Å²) in [5.41, 5.74) is 2.25. The Hall–Kier alpha value is -2.74. The maximum absolute atomic E-state index is 12.5. The van der Waals surface area contributed by atoms with Crippen molar-refractivity contribution in [2.45, 2.75) is 39.0 Å². The maximum atomic E-state index is 12.5. The number of hydrogen-bond donors (Lipinski definition) is 1. The lowest BCUT2D eigenvalue weighted by Crippen LogP contribution is -2.36. The number of nitrogens with one attached hydrogen (secondary N) is 1. The molecule has 0 bridgehead atoms. The van der Waals surface area contributed by atoms with Crippen molar-refractivity contribution in [2.75, 3.05) is 13.1 Å². The van der Waals surface area contributed by atoms with E-state index in [0.29, 0.717) is 10.2 Å². The molecule has 0 saturated carbocycles. The highest BCUT2D eigenvalue weighted by atomic mass is 32.2. The van der Waals surface area contributed by atoms with Gasteiger partial charge in [0.05, 0.1) is 12.0 Å². The summed E-state index contributed by atoms with van der Waals surface area (Å²) >= 11 is 1.20. The van der Waals surface area contributed by atoms with E-state index in [-0.39, 0.29) is 23.7 Å². The van der Waals surface area contributed by atoms with Gasteiger partial charge >= 0.3 is 0 Å². The van der Waals surface area contributed by atoms with Crippen LogP contribution in [0.25, 0.3) is 6.08 Å². The second-order valence-electron chi connectivity index (χ2n) is 7.23. The number of aryl methyl sites for hydroxylation is 1. The first-order chi connectivity index (χ1) is 14.0. The molecular formula is C21H23N5O2S. The number of amides is 2. The van der Waals surface area contributed by atoms with Crippen LogP contribution in [0.4, 0.5) is 0 Å². The SMILES string of the molecule is CCc1ccc(/C=C2/C(=N)N3N=C(CC(=O)N4CCCCC4)SC3=NC2=O)cc1. The van der Waals surface area contributed by atoms with Crippen molar-refractivity contribution < 1.29 is 9.59 Å². The third-order valence-corrected chi connectivity index (χ3v) is 6.11. The molecule has 7 nitrogen and oxygen atoms in total. The minimum Gasteiger partial charge on any atom is -0.342 e. The normalized spacial score (nSPS) is 20.7. The van der Waals surface area contributed by atoms with Crippen LogP contribution in [0.2, 0.25) is 0 Å². The number of benzene rings is 1. The highest BCUT2D eigenvalue weighted by Crippen LogP contribution is 2.30. The first kappa shape index (κ1) is 19.6. The largest absolute Gasteiger partial charge is 0.342 e. The summed E-state index contributed by atoms with van der Waals surface area (Å²) in [7, 11) is 0. The summed E-state index contributed by atoms with van der Waals surface area (Å²) in [5.74, 6) is -0.416. The van der Waals surface area contributed by atoms with Crippen LogP contribution >= 0.6 is 11.8 Å². The van der Waals surface area contributed by atoms with Crippen molar-refractivity contribution >= 4 is 45.7 Å². The Bertz CT molecular complexity index is 942. The lowest BCUT2D eigenvalue weighted by molar-refractivity contribution is -0.130. The average molecular weight is 410 g/mol. The molecular weight excluding hydrogens is 386 g/mol. The van der Waals surface area contributed by atoms with E-state index < -0.39 is 5.91 Å². The number of carbonyl (C=O) groups is 2. The van der Waals surface area contributed by atoms with Gasteiger partial charge < -0.3 is 4.90 Å². The fourth-order valence-corrected chi connectivity index (χ4v) is 4.38. The van der Waals surface area contributed by atoms with Crippen LogP contribution in [-0.4, -0.2) is 50.9 Å². The number of nitrogens with zero attached hydrogens (tertiary/aromatic N) is 4. The van der Waals surface area contributed by atoms with Gasteiger partial charge in [-0.2, -0.15) is 15.1 Å². The monoisotopic (exact) mass is 409 g/mol. The van der Waals surface area contributed by atoms with Crippen molar-refractivity contribution in [1.82, 2.24) is 9.91 Å². The van der Waals surface area contributed by atoms with E-state index in [9.17, 15) is 9.59 Å². The molecule has 1 aromatic carbocycles. The van der Waals surface area contributed by atoms with Crippen LogP contribution < -0.4 is 0 Å². The molecule has 2 amide bonds. The summed E-state index contributed by atoms with van der Waals surface area (Å²) in [6.07, 6.45) is 6.03. The lowest BCUT2D eigenvalue weighted by atomic mass is 10.1. The van der Waals surface area contributed by atoms with E-state index in [2.05, 4.69) is 17.0 Å². The average Bonchev–Trinajstić information content (AvgIpc) is 3.14. The van der Waals surface area contributed by atoms with Gasteiger partial charge in [0.1, 0.15) is 5.04 Å². The Labute approximate surface area is 174 Å². The van der Waals surface area contributed by atoms with Gasteiger partial charge in [0.15, 0.2) is 5.84 Å². The van der Waals surface area contributed by atoms with Gasteiger partial charge in [0.2, 0.25) is 11.1 Å². The van der Waals surface area contributed by atoms with Crippen LogP contribution in [0.15, 0.2) is 39.9 Å². The number of likely N-dealkylation sites (tertiary alicyclic amines) is 1. The van der Waals surface area contributed by atoms with Crippen LogP contribution in [0, 0.1) is 5.41 Å². The molecule has 4 rings (SSSR count). The van der Waals surface area contributed by atoms with Crippen molar-refractivity contribution in [1.29, 1.82) is 5.41 Å². The molecule has 0 aromatic heterocycles. The third kappa shape index (κ3) is 4.17. The highest BCUT2D eigenvalue weighted by Gasteiger charge is 2.36. The fourth-order valence-electron chi connectivity index (χ4n) is 3.50. The molecule has 0 atom stereocenters. The summed E-state index contributed by atoms with van der Waals surface area (Å²) in [6.45, 7) is 3.67. The molecule has 0 unspecified atom stereocenters. The van der Waals surface area contributed by atoms with E-state index >= 15 is 0 Å². The molecule has 150 valence electrons. The number of piperidine rings is 1. The van der Waals surface area contributed by atoms with Gasteiger partial charge in [0, 0.05) is 13.1 Å². The molecule has 0 radical (unpaired) electrons. The third-order valence-electron chi connectivity index (χ3n) is 5.21. The Balaban J connectivity index is 1.50. The number of thioether (sulfide) groups is 1. The minimum absolute atomic E-state index is 0.00695. The Morgan fingerprint density at radius 3 is 2.62 bits per heavy atom. The predicted molar refractivity (Wildman–Crippen MR) is 116 cm³/mol. The zero-order valence-corrected chi connectivity index (χ0v) is 17.2. The second-order valence-corrected chi connectivity index (χ2v) is 8.27. The number of aliphatic imine (C=N–C) groups is 1. The van der Waals surface area contributed by atoms with Crippen LogP contribution in [-0.2, 0) is 16.0 Å². The minimum atomic E-state index is -0.452. The molecule has 29 heavy (non-hydrogen) atoms. The molecule has 0 spiro atoms. The van der Waals surface area contributed by atoms with Gasteiger partial charge in [-0.15, -0.1) is 0 Å². The second kappa shape index (κ2) is 8.32. The lowest BCUT2D eigenvalue weighted by Gasteiger charge is -2.26.